The lowest BCUT2D eigenvalue weighted by molar-refractivity contribution is -0.142. The van der Waals surface area contributed by atoms with Crippen molar-refractivity contribution in [1.82, 2.24) is 5.32 Å². The summed E-state index contributed by atoms with van der Waals surface area (Å²) in [6.07, 6.45) is 0. The van der Waals surface area contributed by atoms with Gasteiger partial charge in [0, 0.05) is 16.6 Å². The van der Waals surface area contributed by atoms with E-state index in [2.05, 4.69) is 26.0 Å². The van der Waals surface area contributed by atoms with Crippen LogP contribution in [0.5, 0.6) is 5.75 Å². The van der Waals surface area contributed by atoms with E-state index in [1.54, 1.807) is 0 Å². The summed E-state index contributed by atoms with van der Waals surface area (Å²) in [5, 5.41) is 3.06. The van der Waals surface area contributed by atoms with Crippen molar-refractivity contribution in [3.8, 4) is 5.75 Å². The van der Waals surface area contributed by atoms with Crippen molar-refractivity contribution in [2.75, 3.05) is 20.8 Å². The lowest BCUT2D eigenvalue weighted by Gasteiger charge is -2.14. The Hall–Kier alpha value is -1.07. The number of rotatable bonds is 5. The van der Waals surface area contributed by atoms with E-state index in [-0.39, 0.29) is 12.6 Å². The molecule has 0 aliphatic rings. The number of methoxy groups -OCH3 is 1. The number of nitrogens with one attached hydrogen (secondary N) is 1. The molecule has 0 saturated heterocycles. The average Bonchev–Trinajstić information content (AvgIpc) is 2.27. The topological polar surface area (TPSA) is 47.6 Å². The second-order valence-corrected chi connectivity index (χ2v) is 4.52. The minimum absolute atomic E-state index is 0.0737. The molecule has 0 heterocycles. The van der Waals surface area contributed by atoms with E-state index in [4.69, 9.17) is 4.74 Å². The molecular formula is C12H16BrNO3. The standard InChI is InChI=1S/C12H16BrNO3/c1-8-4-10(13)5-9(6-14-2)12(8)17-7-11(15)16-3/h4-5,14H,6-7H2,1-3H3. The highest BCUT2D eigenvalue weighted by atomic mass is 79.9. The number of benzene rings is 1. The molecule has 0 unspecified atom stereocenters. The normalized spacial score (nSPS) is 10.1. The fraction of sp³-hybridized carbons (Fsp3) is 0.417. The van der Waals surface area contributed by atoms with Crippen LogP contribution in [0.25, 0.3) is 0 Å². The Kier molecular flexibility index (Phi) is 5.44. The van der Waals surface area contributed by atoms with E-state index >= 15 is 0 Å². The maximum atomic E-state index is 11.1. The molecule has 5 heteroatoms. The van der Waals surface area contributed by atoms with Gasteiger partial charge in [0.05, 0.1) is 7.11 Å². The number of hydrogen-bond donors (Lipinski definition) is 1. The molecule has 0 radical (unpaired) electrons. The third-order valence-corrected chi connectivity index (χ3v) is 2.70. The van der Waals surface area contributed by atoms with Gasteiger partial charge in [-0.3, -0.25) is 0 Å². The van der Waals surface area contributed by atoms with Crippen molar-refractivity contribution >= 4 is 21.9 Å². The summed E-state index contributed by atoms with van der Waals surface area (Å²) in [5.41, 5.74) is 1.98. The first-order valence-electron chi connectivity index (χ1n) is 5.21. The van der Waals surface area contributed by atoms with Crippen LogP contribution in [0.2, 0.25) is 0 Å². The molecule has 0 aromatic heterocycles. The quantitative estimate of drug-likeness (QED) is 0.846. The third-order valence-electron chi connectivity index (χ3n) is 2.25. The molecule has 0 saturated carbocycles. The first-order chi connectivity index (χ1) is 8.08. The Labute approximate surface area is 109 Å². The van der Waals surface area contributed by atoms with Gasteiger partial charge in [0.2, 0.25) is 0 Å². The zero-order chi connectivity index (χ0) is 12.8. The fourth-order valence-electron chi connectivity index (χ4n) is 1.52. The molecule has 94 valence electrons. The number of hydrogen-bond acceptors (Lipinski definition) is 4. The molecule has 0 spiro atoms. The monoisotopic (exact) mass is 301 g/mol. The Morgan fingerprint density at radius 1 is 1.47 bits per heavy atom. The Morgan fingerprint density at radius 3 is 2.76 bits per heavy atom. The van der Waals surface area contributed by atoms with E-state index in [0.717, 1.165) is 21.3 Å². The van der Waals surface area contributed by atoms with Crippen LogP contribution in [0.3, 0.4) is 0 Å². The van der Waals surface area contributed by atoms with Gasteiger partial charge in [0.1, 0.15) is 5.75 Å². The summed E-state index contributed by atoms with van der Waals surface area (Å²) in [4.78, 5) is 11.1. The predicted octanol–water partition coefficient (Wildman–Crippen LogP) is 2.03. The molecule has 0 atom stereocenters. The number of aryl methyl sites for hydroxylation is 1. The average molecular weight is 302 g/mol. The zero-order valence-corrected chi connectivity index (χ0v) is 11.8. The van der Waals surface area contributed by atoms with Crippen LogP contribution in [0.15, 0.2) is 16.6 Å². The van der Waals surface area contributed by atoms with E-state index < -0.39 is 0 Å². The van der Waals surface area contributed by atoms with Gasteiger partial charge in [0.25, 0.3) is 0 Å². The summed E-state index contributed by atoms with van der Waals surface area (Å²) in [6.45, 7) is 2.54. The molecule has 1 N–H and O–H groups in total. The van der Waals surface area contributed by atoms with Gasteiger partial charge in [0.15, 0.2) is 6.61 Å². The molecule has 0 bridgehead atoms. The molecule has 0 aliphatic carbocycles. The molecule has 1 rings (SSSR count). The molecule has 1 aromatic carbocycles. The van der Waals surface area contributed by atoms with Gasteiger partial charge >= 0.3 is 5.97 Å². The van der Waals surface area contributed by atoms with E-state index in [9.17, 15) is 4.79 Å². The SMILES string of the molecule is CNCc1cc(Br)cc(C)c1OCC(=O)OC. The second kappa shape index (κ2) is 6.61. The fourth-order valence-corrected chi connectivity index (χ4v) is 2.14. The Morgan fingerprint density at radius 2 is 2.18 bits per heavy atom. The van der Waals surface area contributed by atoms with Gasteiger partial charge < -0.3 is 14.8 Å². The summed E-state index contributed by atoms with van der Waals surface area (Å²) in [5.74, 6) is 0.343. The molecule has 17 heavy (non-hydrogen) atoms. The van der Waals surface area contributed by atoms with Gasteiger partial charge in [-0.15, -0.1) is 0 Å². The summed E-state index contributed by atoms with van der Waals surface area (Å²) >= 11 is 3.44. The molecule has 1 aromatic rings. The predicted molar refractivity (Wildman–Crippen MR) is 69.2 cm³/mol. The van der Waals surface area contributed by atoms with Crippen LogP contribution in [-0.4, -0.2) is 26.7 Å². The molecule has 0 amide bonds. The number of carbonyl (C=O) groups is 1. The Bertz CT molecular complexity index is 407. The minimum atomic E-state index is -0.386. The van der Waals surface area contributed by atoms with E-state index in [1.165, 1.54) is 7.11 Å². The lowest BCUT2D eigenvalue weighted by atomic mass is 10.1. The van der Waals surface area contributed by atoms with Gasteiger partial charge in [-0.2, -0.15) is 0 Å². The van der Waals surface area contributed by atoms with Gasteiger partial charge in [-0.05, 0) is 31.7 Å². The van der Waals surface area contributed by atoms with Crippen molar-refractivity contribution in [1.29, 1.82) is 0 Å². The smallest absolute Gasteiger partial charge is 0.343 e. The molecule has 0 aliphatic heterocycles. The summed E-state index contributed by atoms with van der Waals surface area (Å²) in [6, 6.07) is 3.92. The van der Waals surface area contributed by atoms with Crippen molar-refractivity contribution in [2.45, 2.75) is 13.5 Å². The number of halogens is 1. The Balaban J connectivity index is 2.91. The van der Waals surface area contributed by atoms with Crippen molar-refractivity contribution in [3.05, 3.63) is 27.7 Å². The van der Waals surface area contributed by atoms with Crippen LogP contribution in [0.4, 0.5) is 0 Å². The maximum absolute atomic E-state index is 11.1. The van der Waals surface area contributed by atoms with Crippen molar-refractivity contribution < 1.29 is 14.3 Å². The highest BCUT2D eigenvalue weighted by molar-refractivity contribution is 9.10. The van der Waals surface area contributed by atoms with Crippen LogP contribution < -0.4 is 10.1 Å². The van der Waals surface area contributed by atoms with Crippen LogP contribution >= 0.6 is 15.9 Å². The largest absolute Gasteiger partial charge is 0.481 e. The summed E-state index contributed by atoms with van der Waals surface area (Å²) < 4.78 is 11.0. The van der Waals surface area contributed by atoms with Crippen molar-refractivity contribution in [2.24, 2.45) is 0 Å². The number of ether oxygens (including phenoxy) is 2. The van der Waals surface area contributed by atoms with Crippen LogP contribution in [-0.2, 0) is 16.1 Å². The molecule has 4 nitrogen and oxygen atoms in total. The van der Waals surface area contributed by atoms with Crippen molar-refractivity contribution in [3.63, 3.8) is 0 Å². The number of carbonyl (C=O) groups excluding carboxylic acids is 1. The summed E-state index contributed by atoms with van der Waals surface area (Å²) in [7, 11) is 3.20. The minimum Gasteiger partial charge on any atom is -0.481 e. The van der Waals surface area contributed by atoms with E-state index in [1.807, 2.05) is 26.1 Å². The van der Waals surface area contributed by atoms with Gasteiger partial charge in [-0.25, -0.2) is 4.79 Å². The number of esters is 1. The first kappa shape index (κ1) is 14.0. The first-order valence-corrected chi connectivity index (χ1v) is 6.01. The zero-order valence-electron chi connectivity index (χ0n) is 10.2. The highest BCUT2D eigenvalue weighted by Crippen LogP contribution is 2.28. The highest BCUT2D eigenvalue weighted by Gasteiger charge is 2.10. The van der Waals surface area contributed by atoms with E-state index in [0.29, 0.717) is 6.54 Å². The van der Waals surface area contributed by atoms with Crippen LogP contribution in [0, 0.1) is 6.92 Å². The van der Waals surface area contributed by atoms with Gasteiger partial charge in [-0.1, -0.05) is 15.9 Å². The molecule has 0 fully saturated rings. The van der Waals surface area contributed by atoms with Crippen LogP contribution in [0.1, 0.15) is 11.1 Å². The lowest BCUT2D eigenvalue weighted by Crippen LogP contribution is -2.15. The third kappa shape index (κ3) is 4.02. The maximum Gasteiger partial charge on any atom is 0.343 e. The molecular weight excluding hydrogens is 286 g/mol. The second-order valence-electron chi connectivity index (χ2n) is 3.61.